The van der Waals surface area contributed by atoms with Crippen LogP contribution < -0.4 is 5.32 Å². The Hall–Kier alpha value is -2.52. The van der Waals surface area contributed by atoms with Crippen molar-refractivity contribution in [1.29, 1.82) is 0 Å². The molecule has 0 aliphatic carbocycles. The van der Waals surface area contributed by atoms with Crippen LogP contribution in [0.1, 0.15) is 21.7 Å². The van der Waals surface area contributed by atoms with E-state index in [1.165, 1.54) is 0 Å². The highest BCUT2D eigenvalue weighted by Gasteiger charge is 2.14. The maximum absolute atomic E-state index is 12.4. The number of para-hydroxylation sites is 1. The average Bonchev–Trinajstić information content (AvgIpc) is 3.02. The predicted octanol–water partition coefficient (Wildman–Crippen LogP) is 5.47. The third kappa shape index (κ3) is 3.30. The summed E-state index contributed by atoms with van der Waals surface area (Å²) in [5, 5.41) is 3.58. The fraction of sp³-hybridized carbons (Fsp3) is 0.105. The molecule has 0 bridgehead atoms. The Morgan fingerprint density at radius 2 is 1.61 bits per heavy atom. The highest BCUT2D eigenvalue weighted by Crippen LogP contribution is 2.25. The summed E-state index contributed by atoms with van der Waals surface area (Å²) >= 11 is 5.88. The van der Waals surface area contributed by atoms with Crippen molar-refractivity contribution in [3.63, 3.8) is 0 Å². The summed E-state index contributed by atoms with van der Waals surface area (Å²) in [5.74, 6) is 0.647. The molecule has 23 heavy (non-hydrogen) atoms. The first kappa shape index (κ1) is 15.4. The number of hydrogen-bond acceptors (Lipinski definition) is 2. The van der Waals surface area contributed by atoms with Gasteiger partial charge in [-0.1, -0.05) is 29.8 Å². The lowest BCUT2D eigenvalue weighted by molar-refractivity contribution is 0.0997. The van der Waals surface area contributed by atoms with E-state index >= 15 is 0 Å². The number of anilines is 1. The van der Waals surface area contributed by atoms with Gasteiger partial charge in [-0.25, -0.2) is 0 Å². The van der Waals surface area contributed by atoms with Gasteiger partial charge < -0.3 is 9.73 Å². The molecule has 0 aliphatic rings. The number of amides is 1. The highest BCUT2D eigenvalue weighted by molar-refractivity contribution is 6.30. The van der Waals surface area contributed by atoms with Crippen LogP contribution in [-0.4, -0.2) is 5.91 Å². The monoisotopic (exact) mass is 325 g/mol. The summed E-state index contributed by atoms with van der Waals surface area (Å²) in [6, 6.07) is 16.6. The van der Waals surface area contributed by atoms with Crippen molar-refractivity contribution in [2.75, 3.05) is 5.32 Å². The van der Waals surface area contributed by atoms with Gasteiger partial charge in [0.25, 0.3) is 5.91 Å². The number of rotatable bonds is 3. The molecule has 1 heterocycles. The summed E-state index contributed by atoms with van der Waals surface area (Å²) in [7, 11) is 0. The minimum absolute atomic E-state index is 0.261. The Morgan fingerprint density at radius 3 is 2.26 bits per heavy atom. The van der Waals surface area contributed by atoms with E-state index in [0.717, 1.165) is 22.4 Å². The van der Waals surface area contributed by atoms with E-state index in [1.54, 1.807) is 24.3 Å². The van der Waals surface area contributed by atoms with E-state index < -0.39 is 0 Å². The molecule has 3 nitrogen and oxygen atoms in total. The van der Waals surface area contributed by atoms with Gasteiger partial charge in [0, 0.05) is 16.3 Å². The standard InChI is InChI=1S/C19H16ClNO2/c1-12-4-3-5-13(2)18(12)21-19(22)17-11-10-16(23-17)14-6-8-15(20)9-7-14/h3-11H,1-2H3,(H,21,22). The number of aryl methyl sites for hydroxylation is 2. The van der Waals surface area contributed by atoms with Crippen molar-refractivity contribution in [2.45, 2.75) is 13.8 Å². The van der Waals surface area contributed by atoms with Gasteiger partial charge in [0.05, 0.1) is 0 Å². The SMILES string of the molecule is Cc1cccc(C)c1NC(=O)c1ccc(-c2ccc(Cl)cc2)o1. The molecule has 3 rings (SSSR count). The number of nitrogens with one attached hydrogen (secondary N) is 1. The third-order valence-electron chi connectivity index (χ3n) is 3.68. The number of hydrogen-bond donors (Lipinski definition) is 1. The zero-order valence-corrected chi connectivity index (χ0v) is 13.6. The third-order valence-corrected chi connectivity index (χ3v) is 3.93. The molecule has 1 amide bonds. The van der Waals surface area contributed by atoms with Gasteiger partial charge in [0.15, 0.2) is 5.76 Å². The minimum Gasteiger partial charge on any atom is -0.451 e. The van der Waals surface area contributed by atoms with E-state index in [-0.39, 0.29) is 11.7 Å². The molecule has 1 N–H and O–H groups in total. The fourth-order valence-electron chi connectivity index (χ4n) is 2.42. The molecule has 4 heteroatoms. The quantitative estimate of drug-likeness (QED) is 0.693. The number of benzene rings is 2. The normalized spacial score (nSPS) is 10.6. The molecule has 0 spiro atoms. The van der Waals surface area contributed by atoms with E-state index in [4.69, 9.17) is 16.0 Å². The predicted molar refractivity (Wildman–Crippen MR) is 93.0 cm³/mol. The van der Waals surface area contributed by atoms with Crippen LogP contribution in [0.3, 0.4) is 0 Å². The second-order valence-electron chi connectivity index (χ2n) is 5.39. The molecule has 0 fully saturated rings. The van der Waals surface area contributed by atoms with Crippen LogP contribution in [0, 0.1) is 13.8 Å². The molecule has 116 valence electrons. The molecule has 0 radical (unpaired) electrons. The van der Waals surface area contributed by atoms with Crippen molar-refractivity contribution in [3.8, 4) is 11.3 Å². The zero-order valence-electron chi connectivity index (χ0n) is 12.9. The lowest BCUT2D eigenvalue weighted by Gasteiger charge is -2.10. The number of furan rings is 1. The fourth-order valence-corrected chi connectivity index (χ4v) is 2.54. The summed E-state index contributed by atoms with van der Waals surface area (Å²) in [6.07, 6.45) is 0. The van der Waals surface area contributed by atoms with Gasteiger partial charge in [-0.3, -0.25) is 4.79 Å². The maximum atomic E-state index is 12.4. The molecule has 0 atom stereocenters. The Labute approximate surface area is 139 Å². The van der Waals surface area contributed by atoms with Crippen molar-refractivity contribution in [1.82, 2.24) is 0 Å². The Bertz CT molecular complexity index is 830. The van der Waals surface area contributed by atoms with Crippen LogP contribution in [0.25, 0.3) is 11.3 Å². The molecular formula is C19H16ClNO2. The van der Waals surface area contributed by atoms with Crippen molar-refractivity contribution < 1.29 is 9.21 Å². The first-order chi connectivity index (χ1) is 11.0. The minimum atomic E-state index is -0.261. The van der Waals surface area contributed by atoms with Crippen LogP contribution in [0.5, 0.6) is 0 Å². The zero-order chi connectivity index (χ0) is 16.4. The molecule has 0 unspecified atom stereocenters. The Balaban J connectivity index is 1.83. The van der Waals surface area contributed by atoms with Gasteiger partial charge in [0.2, 0.25) is 0 Å². The molecule has 0 saturated carbocycles. The lowest BCUT2D eigenvalue weighted by Crippen LogP contribution is -2.12. The largest absolute Gasteiger partial charge is 0.451 e. The van der Waals surface area contributed by atoms with Crippen molar-refractivity contribution in [2.24, 2.45) is 0 Å². The first-order valence-electron chi connectivity index (χ1n) is 7.28. The molecule has 2 aromatic carbocycles. The van der Waals surface area contributed by atoms with Crippen LogP contribution in [-0.2, 0) is 0 Å². The van der Waals surface area contributed by atoms with Gasteiger partial charge in [0.1, 0.15) is 5.76 Å². The first-order valence-corrected chi connectivity index (χ1v) is 7.66. The Morgan fingerprint density at radius 1 is 0.957 bits per heavy atom. The Kier molecular flexibility index (Phi) is 4.22. The lowest BCUT2D eigenvalue weighted by atomic mass is 10.1. The second kappa shape index (κ2) is 6.31. The van der Waals surface area contributed by atoms with Crippen molar-refractivity contribution >= 4 is 23.2 Å². The summed E-state index contributed by atoms with van der Waals surface area (Å²) in [4.78, 5) is 12.4. The highest BCUT2D eigenvalue weighted by atomic mass is 35.5. The van der Waals surface area contributed by atoms with Gasteiger partial charge in [-0.2, -0.15) is 0 Å². The molecule has 0 saturated heterocycles. The van der Waals surface area contributed by atoms with Crippen LogP contribution >= 0.6 is 11.6 Å². The maximum Gasteiger partial charge on any atom is 0.291 e. The molecule has 1 aromatic heterocycles. The van der Waals surface area contributed by atoms with Gasteiger partial charge in [-0.15, -0.1) is 0 Å². The van der Waals surface area contributed by atoms with Crippen LogP contribution in [0.4, 0.5) is 5.69 Å². The number of carbonyl (C=O) groups excluding carboxylic acids is 1. The van der Waals surface area contributed by atoms with E-state index in [0.29, 0.717) is 10.8 Å². The van der Waals surface area contributed by atoms with Crippen LogP contribution in [0.15, 0.2) is 59.0 Å². The molecule has 0 aliphatic heterocycles. The van der Waals surface area contributed by atoms with Gasteiger partial charge >= 0.3 is 0 Å². The van der Waals surface area contributed by atoms with Gasteiger partial charge in [-0.05, 0) is 61.4 Å². The summed E-state index contributed by atoms with van der Waals surface area (Å²) in [5.41, 5.74) is 3.73. The van der Waals surface area contributed by atoms with E-state index in [1.807, 2.05) is 44.2 Å². The number of carbonyl (C=O) groups is 1. The van der Waals surface area contributed by atoms with Crippen molar-refractivity contribution in [3.05, 3.63) is 76.5 Å². The number of halogens is 1. The van der Waals surface area contributed by atoms with E-state index in [2.05, 4.69) is 5.32 Å². The summed E-state index contributed by atoms with van der Waals surface area (Å²) < 4.78 is 5.67. The van der Waals surface area contributed by atoms with Crippen LogP contribution in [0.2, 0.25) is 5.02 Å². The second-order valence-corrected chi connectivity index (χ2v) is 5.83. The van der Waals surface area contributed by atoms with E-state index in [9.17, 15) is 4.79 Å². The average molecular weight is 326 g/mol. The molecule has 3 aromatic rings. The smallest absolute Gasteiger partial charge is 0.291 e. The summed E-state index contributed by atoms with van der Waals surface area (Å²) in [6.45, 7) is 3.92. The topological polar surface area (TPSA) is 42.2 Å². The molecular weight excluding hydrogens is 310 g/mol.